The Balaban J connectivity index is 1.24. The first-order valence-corrected chi connectivity index (χ1v) is 11.7. The monoisotopic (exact) mass is 430 g/mol. The molecule has 0 bridgehead atoms. The van der Waals surface area contributed by atoms with Crippen molar-refractivity contribution < 1.29 is 9.32 Å². The van der Waals surface area contributed by atoms with Gasteiger partial charge in [-0.2, -0.15) is 4.98 Å². The van der Waals surface area contributed by atoms with E-state index in [9.17, 15) is 4.79 Å². The van der Waals surface area contributed by atoms with Crippen molar-refractivity contribution in [1.82, 2.24) is 20.4 Å². The van der Waals surface area contributed by atoms with E-state index >= 15 is 0 Å². The van der Waals surface area contributed by atoms with Crippen molar-refractivity contribution in [2.45, 2.75) is 70.4 Å². The summed E-state index contributed by atoms with van der Waals surface area (Å²) in [7, 11) is 0. The van der Waals surface area contributed by atoms with Crippen LogP contribution < -0.4 is 5.32 Å². The summed E-state index contributed by atoms with van der Waals surface area (Å²) in [4.78, 5) is 19.5. The van der Waals surface area contributed by atoms with Crippen molar-refractivity contribution in [1.29, 1.82) is 0 Å². The van der Waals surface area contributed by atoms with Gasteiger partial charge < -0.3 is 9.84 Å². The molecule has 1 N–H and O–H groups in total. The van der Waals surface area contributed by atoms with Gasteiger partial charge in [-0.25, -0.2) is 0 Å². The molecule has 6 nitrogen and oxygen atoms in total. The van der Waals surface area contributed by atoms with Crippen LogP contribution in [-0.4, -0.2) is 40.1 Å². The normalized spacial score (nSPS) is 19.9. The standard InChI is InChI=1S/C23H31ClN4O2/c24-19-8-6-7-18(15-19)22-26-21(30-27-22)16-28-13-11-17(12-14-28)23(29)25-20-9-4-2-1-3-5-10-20/h6-8,15,17,20H,1-5,9-14,16H2,(H,25,29). The van der Waals surface area contributed by atoms with Gasteiger partial charge in [0.1, 0.15) is 0 Å². The van der Waals surface area contributed by atoms with Gasteiger partial charge >= 0.3 is 0 Å². The van der Waals surface area contributed by atoms with E-state index in [2.05, 4.69) is 20.4 Å². The molecule has 0 spiro atoms. The fraction of sp³-hybridized carbons (Fsp3) is 0.609. The highest BCUT2D eigenvalue weighted by Crippen LogP contribution is 2.23. The molecule has 0 radical (unpaired) electrons. The molecule has 2 aliphatic rings. The van der Waals surface area contributed by atoms with E-state index in [1.807, 2.05) is 24.3 Å². The van der Waals surface area contributed by atoms with E-state index in [0.717, 1.165) is 44.3 Å². The fourth-order valence-corrected chi connectivity index (χ4v) is 4.72. The van der Waals surface area contributed by atoms with E-state index in [-0.39, 0.29) is 11.8 Å². The second-order valence-corrected chi connectivity index (χ2v) is 9.06. The molecule has 1 amide bonds. The number of aromatic nitrogens is 2. The third kappa shape index (κ3) is 5.82. The van der Waals surface area contributed by atoms with Gasteiger partial charge in [0, 0.05) is 22.5 Å². The first-order chi connectivity index (χ1) is 14.7. The number of rotatable bonds is 5. The second kappa shape index (κ2) is 10.4. The molecule has 1 aromatic heterocycles. The van der Waals surface area contributed by atoms with Crippen molar-refractivity contribution in [2.75, 3.05) is 13.1 Å². The predicted molar refractivity (Wildman–Crippen MR) is 117 cm³/mol. The summed E-state index contributed by atoms with van der Waals surface area (Å²) in [5.74, 6) is 1.53. The van der Waals surface area contributed by atoms with Gasteiger partial charge in [0.05, 0.1) is 6.54 Å². The number of benzene rings is 1. The molecule has 1 aliphatic heterocycles. The molecular weight excluding hydrogens is 400 g/mol. The highest BCUT2D eigenvalue weighted by atomic mass is 35.5. The minimum atomic E-state index is 0.122. The van der Waals surface area contributed by atoms with Crippen molar-refractivity contribution in [3.63, 3.8) is 0 Å². The minimum Gasteiger partial charge on any atom is -0.353 e. The Morgan fingerprint density at radius 3 is 2.57 bits per heavy atom. The maximum Gasteiger partial charge on any atom is 0.241 e. The van der Waals surface area contributed by atoms with Crippen molar-refractivity contribution in [2.24, 2.45) is 5.92 Å². The van der Waals surface area contributed by atoms with Crippen LogP contribution in [0.2, 0.25) is 5.02 Å². The maximum atomic E-state index is 12.7. The molecule has 0 atom stereocenters. The summed E-state index contributed by atoms with van der Waals surface area (Å²) in [5.41, 5.74) is 0.849. The molecule has 1 saturated heterocycles. The van der Waals surface area contributed by atoms with Crippen LogP contribution in [0.15, 0.2) is 28.8 Å². The van der Waals surface area contributed by atoms with Crippen molar-refractivity contribution in [3.8, 4) is 11.4 Å². The Hall–Kier alpha value is -1.92. The molecule has 1 aliphatic carbocycles. The first-order valence-electron chi connectivity index (χ1n) is 11.3. The zero-order valence-electron chi connectivity index (χ0n) is 17.5. The third-order valence-electron chi connectivity index (χ3n) is 6.32. The van der Waals surface area contributed by atoms with Crippen LogP contribution in [0, 0.1) is 5.92 Å². The lowest BCUT2D eigenvalue weighted by Gasteiger charge is -2.31. The van der Waals surface area contributed by atoms with Gasteiger partial charge in [0.25, 0.3) is 0 Å². The summed E-state index contributed by atoms with van der Waals surface area (Å²) in [6, 6.07) is 7.82. The van der Waals surface area contributed by atoms with E-state index < -0.39 is 0 Å². The van der Waals surface area contributed by atoms with Crippen LogP contribution in [0.5, 0.6) is 0 Å². The van der Waals surface area contributed by atoms with Gasteiger partial charge in [-0.05, 0) is 50.9 Å². The van der Waals surface area contributed by atoms with Crippen LogP contribution in [0.4, 0.5) is 0 Å². The Bertz CT molecular complexity index is 824. The lowest BCUT2D eigenvalue weighted by molar-refractivity contribution is -0.127. The van der Waals surface area contributed by atoms with Crippen molar-refractivity contribution >= 4 is 17.5 Å². The predicted octanol–water partition coefficient (Wildman–Crippen LogP) is 4.83. The number of piperidine rings is 1. The van der Waals surface area contributed by atoms with Gasteiger partial charge in [0.2, 0.25) is 17.6 Å². The maximum absolute atomic E-state index is 12.7. The van der Waals surface area contributed by atoms with Crippen LogP contribution in [0.3, 0.4) is 0 Å². The Morgan fingerprint density at radius 1 is 1.10 bits per heavy atom. The summed E-state index contributed by atoms with van der Waals surface area (Å²) in [6.07, 6.45) is 10.5. The molecule has 2 heterocycles. The highest BCUT2D eigenvalue weighted by molar-refractivity contribution is 6.30. The van der Waals surface area contributed by atoms with Crippen LogP contribution in [-0.2, 0) is 11.3 Å². The Labute approximate surface area is 183 Å². The molecule has 162 valence electrons. The Morgan fingerprint density at radius 2 is 1.83 bits per heavy atom. The number of amides is 1. The molecular formula is C23H31ClN4O2. The summed E-state index contributed by atoms with van der Waals surface area (Å²) < 4.78 is 5.43. The second-order valence-electron chi connectivity index (χ2n) is 8.62. The van der Waals surface area contributed by atoms with Gasteiger partial charge in [-0.1, -0.05) is 61.0 Å². The van der Waals surface area contributed by atoms with E-state index in [1.54, 1.807) is 0 Å². The minimum absolute atomic E-state index is 0.122. The summed E-state index contributed by atoms with van der Waals surface area (Å²) in [5, 5.41) is 8.07. The third-order valence-corrected chi connectivity index (χ3v) is 6.55. The molecule has 2 fully saturated rings. The highest BCUT2D eigenvalue weighted by Gasteiger charge is 2.27. The zero-order chi connectivity index (χ0) is 20.8. The quantitative estimate of drug-likeness (QED) is 0.735. The number of hydrogen-bond acceptors (Lipinski definition) is 5. The van der Waals surface area contributed by atoms with Gasteiger partial charge in [-0.3, -0.25) is 9.69 Å². The van der Waals surface area contributed by atoms with E-state index in [1.165, 1.54) is 32.1 Å². The van der Waals surface area contributed by atoms with Gasteiger partial charge in [0.15, 0.2) is 0 Å². The largest absolute Gasteiger partial charge is 0.353 e. The fourth-order valence-electron chi connectivity index (χ4n) is 4.53. The molecule has 4 rings (SSSR count). The number of carbonyl (C=O) groups excluding carboxylic acids is 1. The number of carbonyl (C=O) groups is 1. The molecule has 1 saturated carbocycles. The smallest absolute Gasteiger partial charge is 0.241 e. The first kappa shape index (κ1) is 21.3. The average molecular weight is 431 g/mol. The number of nitrogens with zero attached hydrogens (tertiary/aromatic N) is 3. The van der Waals surface area contributed by atoms with Crippen LogP contribution in [0.25, 0.3) is 11.4 Å². The van der Waals surface area contributed by atoms with E-state index in [4.69, 9.17) is 16.1 Å². The van der Waals surface area contributed by atoms with Crippen LogP contribution >= 0.6 is 11.6 Å². The van der Waals surface area contributed by atoms with Crippen molar-refractivity contribution in [3.05, 3.63) is 35.2 Å². The lowest BCUT2D eigenvalue weighted by Crippen LogP contribution is -2.43. The number of nitrogens with one attached hydrogen (secondary N) is 1. The molecule has 0 unspecified atom stereocenters. The molecule has 7 heteroatoms. The SMILES string of the molecule is O=C(NC1CCCCCCC1)C1CCN(Cc2nc(-c3cccc(Cl)c3)no2)CC1. The van der Waals surface area contributed by atoms with Gasteiger partial charge in [-0.15, -0.1) is 0 Å². The zero-order valence-corrected chi connectivity index (χ0v) is 18.2. The number of likely N-dealkylation sites (tertiary alicyclic amines) is 1. The van der Waals surface area contributed by atoms with Crippen LogP contribution in [0.1, 0.15) is 63.7 Å². The molecule has 30 heavy (non-hydrogen) atoms. The number of halogens is 1. The average Bonchev–Trinajstić information content (AvgIpc) is 3.19. The Kier molecular flexibility index (Phi) is 7.39. The topological polar surface area (TPSA) is 71.3 Å². The molecule has 2 aromatic rings. The summed E-state index contributed by atoms with van der Waals surface area (Å²) in [6.45, 7) is 2.36. The van der Waals surface area contributed by atoms with E-state index in [0.29, 0.717) is 29.3 Å². The number of hydrogen-bond donors (Lipinski definition) is 1. The lowest BCUT2D eigenvalue weighted by atomic mass is 9.93. The summed E-state index contributed by atoms with van der Waals surface area (Å²) >= 11 is 6.05. The molecule has 1 aromatic carbocycles.